The van der Waals surface area contributed by atoms with Gasteiger partial charge in [-0.2, -0.15) is 0 Å². The zero-order valence-corrected chi connectivity index (χ0v) is 10.4. The minimum atomic E-state index is -0.248. The molecule has 0 bridgehead atoms. The summed E-state index contributed by atoms with van der Waals surface area (Å²) < 4.78 is 1.35. The van der Waals surface area contributed by atoms with Crippen LogP contribution in [0.3, 0.4) is 0 Å². The Hall–Kier alpha value is -2.40. The molecule has 2 aromatic rings. The molecular weight excluding hydrogens is 242 g/mol. The van der Waals surface area contributed by atoms with Gasteiger partial charge in [-0.05, 0) is 23.8 Å². The molecule has 5 heteroatoms. The van der Waals surface area contributed by atoms with Crippen LogP contribution in [0.25, 0.3) is 0 Å². The molecule has 98 valence electrons. The van der Waals surface area contributed by atoms with Gasteiger partial charge in [-0.1, -0.05) is 18.2 Å². The first kappa shape index (κ1) is 13.0. The smallest absolute Gasteiger partial charge is 0.250 e. The van der Waals surface area contributed by atoms with Crippen molar-refractivity contribution in [3.8, 4) is 0 Å². The number of nitrogens with zero attached hydrogens (tertiary/aromatic N) is 1. The molecule has 1 aromatic carbocycles. The Morgan fingerprint density at radius 2 is 2.05 bits per heavy atom. The first-order chi connectivity index (χ1) is 9.19. The number of pyridine rings is 1. The highest BCUT2D eigenvalue weighted by Gasteiger charge is 2.04. The van der Waals surface area contributed by atoms with Crippen molar-refractivity contribution in [3.63, 3.8) is 0 Å². The second kappa shape index (κ2) is 5.97. The summed E-state index contributed by atoms with van der Waals surface area (Å²) in [5.41, 5.74) is 6.95. The summed E-state index contributed by atoms with van der Waals surface area (Å²) in [5.74, 6) is -0.248. The summed E-state index contributed by atoms with van der Waals surface area (Å²) >= 11 is 0. The standard InChI is InChI=1S/C14H15N3O2/c15-9-11-4-3-5-12(8-11)16-13(18)10-17-7-2-1-6-14(17)19/h1-8H,9-10,15H2,(H,16,18). The molecule has 1 aromatic heterocycles. The fourth-order valence-electron chi connectivity index (χ4n) is 1.72. The lowest BCUT2D eigenvalue weighted by Crippen LogP contribution is -2.26. The lowest BCUT2D eigenvalue weighted by atomic mass is 10.2. The van der Waals surface area contributed by atoms with E-state index in [-0.39, 0.29) is 18.0 Å². The number of rotatable bonds is 4. The van der Waals surface area contributed by atoms with Crippen molar-refractivity contribution in [1.29, 1.82) is 0 Å². The van der Waals surface area contributed by atoms with E-state index in [1.54, 1.807) is 24.4 Å². The van der Waals surface area contributed by atoms with Crippen LogP contribution in [-0.4, -0.2) is 10.5 Å². The van der Waals surface area contributed by atoms with Gasteiger partial charge >= 0.3 is 0 Å². The Morgan fingerprint density at radius 3 is 2.79 bits per heavy atom. The number of nitrogens with one attached hydrogen (secondary N) is 1. The van der Waals surface area contributed by atoms with Crippen molar-refractivity contribution in [3.05, 3.63) is 64.6 Å². The third-order valence-corrected chi connectivity index (χ3v) is 2.66. The molecule has 5 nitrogen and oxygen atoms in total. The molecule has 0 fully saturated rings. The number of amides is 1. The molecule has 0 aliphatic heterocycles. The molecule has 0 unspecified atom stereocenters. The molecular formula is C14H15N3O2. The van der Waals surface area contributed by atoms with E-state index in [1.165, 1.54) is 10.6 Å². The van der Waals surface area contributed by atoms with E-state index in [4.69, 9.17) is 5.73 Å². The quantitative estimate of drug-likeness (QED) is 0.856. The summed E-state index contributed by atoms with van der Waals surface area (Å²) in [5, 5.41) is 2.74. The first-order valence-corrected chi connectivity index (χ1v) is 5.93. The Bertz CT molecular complexity index is 634. The number of benzene rings is 1. The summed E-state index contributed by atoms with van der Waals surface area (Å²) in [4.78, 5) is 23.3. The summed E-state index contributed by atoms with van der Waals surface area (Å²) in [6.07, 6.45) is 1.58. The van der Waals surface area contributed by atoms with Crippen LogP contribution in [0.2, 0.25) is 0 Å². The van der Waals surface area contributed by atoms with Crippen LogP contribution < -0.4 is 16.6 Å². The molecule has 3 N–H and O–H groups in total. The second-order valence-electron chi connectivity index (χ2n) is 4.12. The monoisotopic (exact) mass is 257 g/mol. The first-order valence-electron chi connectivity index (χ1n) is 5.93. The number of anilines is 1. The van der Waals surface area contributed by atoms with Crippen molar-refractivity contribution in [2.45, 2.75) is 13.1 Å². The maximum absolute atomic E-state index is 11.8. The molecule has 0 aliphatic rings. The SMILES string of the molecule is NCc1cccc(NC(=O)Cn2ccccc2=O)c1. The predicted octanol–water partition coefficient (Wildman–Crippen LogP) is 0.946. The number of hydrogen-bond donors (Lipinski definition) is 2. The minimum absolute atomic E-state index is 0.00741. The van der Waals surface area contributed by atoms with Crippen molar-refractivity contribution in [2.24, 2.45) is 5.73 Å². The molecule has 0 aliphatic carbocycles. The molecule has 1 amide bonds. The van der Waals surface area contributed by atoms with E-state index in [2.05, 4.69) is 5.32 Å². The molecule has 1 heterocycles. The Morgan fingerprint density at radius 1 is 1.21 bits per heavy atom. The fourth-order valence-corrected chi connectivity index (χ4v) is 1.72. The maximum Gasteiger partial charge on any atom is 0.250 e. The van der Waals surface area contributed by atoms with Gasteiger partial charge in [0.25, 0.3) is 5.56 Å². The van der Waals surface area contributed by atoms with Crippen LogP contribution in [0.5, 0.6) is 0 Å². The number of nitrogens with two attached hydrogens (primary N) is 1. The second-order valence-corrected chi connectivity index (χ2v) is 4.12. The normalized spacial score (nSPS) is 10.2. The number of carbonyl (C=O) groups is 1. The molecule has 0 atom stereocenters. The molecule has 0 radical (unpaired) electrons. The summed E-state index contributed by atoms with van der Waals surface area (Å²) in [7, 11) is 0. The molecule has 0 saturated carbocycles. The molecule has 0 spiro atoms. The van der Waals surface area contributed by atoms with Crippen molar-refractivity contribution < 1.29 is 4.79 Å². The van der Waals surface area contributed by atoms with Gasteiger partial charge < -0.3 is 15.6 Å². The number of hydrogen-bond acceptors (Lipinski definition) is 3. The highest BCUT2D eigenvalue weighted by Crippen LogP contribution is 2.09. The van der Waals surface area contributed by atoms with Crippen LogP contribution in [0.15, 0.2) is 53.5 Å². The molecule has 0 saturated heterocycles. The van der Waals surface area contributed by atoms with E-state index in [9.17, 15) is 9.59 Å². The number of carbonyl (C=O) groups excluding carboxylic acids is 1. The average Bonchev–Trinajstić information content (AvgIpc) is 2.41. The van der Waals surface area contributed by atoms with Crippen molar-refractivity contribution >= 4 is 11.6 Å². The van der Waals surface area contributed by atoms with Gasteiger partial charge in [0.15, 0.2) is 0 Å². The highest BCUT2D eigenvalue weighted by molar-refractivity contribution is 5.90. The van der Waals surface area contributed by atoms with Crippen LogP contribution >= 0.6 is 0 Å². The maximum atomic E-state index is 11.8. The molecule has 2 rings (SSSR count). The zero-order valence-electron chi connectivity index (χ0n) is 10.4. The van der Waals surface area contributed by atoms with Gasteiger partial charge in [0.05, 0.1) is 0 Å². The lowest BCUT2D eigenvalue weighted by Gasteiger charge is -2.08. The largest absolute Gasteiger partial charge is 0.326 e. The Labute approximate surface area is 110 Å². The van der Waals surface area contributed by atoms with Crippen molar-refractivity contribution in [1.82, 2.24) is 4.57 Å². The Balaban J connectivity index is 2.05. The van der Waals surface area contributed by atoms with Crippen LogP contribution in [0.1, 0.15) is 5.56 Å². The molecule has 19 heavy (non-hydrogen) atoms. The zero-order chi connectivity index (χ0) is 13.7. The summed E-state index contributed by atoms with van der Waals surface area (Å²) in [6.45, 7) is 0.411. The van der Waals surface area contributed by atoms with Crippen LogP contribution in [0.4, 0.5) is 5.69 Å². The van der Waals surface area contributed by atoms with Gasteiger partial charge in [-0.25, -0.2) is 0 Å². The van der Waals surface area contributed by atoms with Gasteiger partial charge in [0.1, 0.15) is 6.54 Å². The minimum Gasteiger partial charge on any atom is -0.326 e. The van der Waals surface area contributed by atoms with Gasteiger partial charge in [0, 0.05) is 24.5 Å². The number of aromatic nitrogens is 1. The highest BCUT2D eigenvalue weighted by atomic mass is 16.2. The van der Waals surface area contributed by atoms with Gasteiger partial charge in [-0.15, -0.1) is 0 Å². The van der Waals surface area contributed by atoms with E-state index < -0.39 is 0 Å². The van der Waals surface area contributed by atoms with E-state index in [1.807, 2.05) is 18.2 Å². The Kier molecular flexibility index (Phi) is 4.10. The van der Waals surface area contributed by atoms with E-state index in [0.29, 0.717) is 12.2 Å². The lowest BCUT2D eigenvalue weighted by molar-refractivity contribution is -0.116. The van der Waals surface area contributed by atoms with Crippen molar-refractivity contribution in [2.75, 3.05) is 5.32 Å². The topological polar surface area (TPSA) is 77.1 Å². The van der Waals surface area contributed by atoms with E-state index >= 15 is 0 Å². The fraction of sp³-hybridized carbons (Fsp3) is 0.143. The van der Waals surface area contributed by atoms with Gasteiger partial charge in [-0.3, -0.25) is 9.59 Å². The van der Waals surface area contributed by atoms with Gasteiger partial charge in [0.2, 0.25) is 5.91 Å². The third kappa shape index (κ3) is 3.53. The predicted molar refractivity (Wildman–Crippen MR) is 73.7 cm³/mol. The van der Waals surface area contributed by atoms with Crippen LogP contribution in [0, 0.1) is 0 Å². The summed E-state index contributed by atoms with van der Waals surface area (Å²) in [6, 6.07) is 12.1. The van der Waals surface area contributed by atoms with Crippen LogP contribution in [-0.2, 0) is 17.9 Å². The van der Waals surface area contributed by atoms with E-state index in [0.717, 1.165) is 5.56 Å². The average molecular weight is 257 g/mol. The third-order valence-electron chi connectivity index (χ3n) is 2.66.